The quantitative estimate of drug-likeness (QED) is 0.475. The second-order valence-corrected chi connectivity index (χ2v) is 7.54. The van der Waals surface area contributed by atoms with Gasteiger partial charge in [-0.2, -0.15) is 0 Å². The molecule has 0 radical (unpaired) electrons. The van der Waals surface area contributed by atoms with Crippen molar-refractivity contribution in [3.63, 3.8) is 0 Å². The number of carbonyl (C=O) groups is 3. The molecule has 6 nitrogen and oxygen atoms in total. The summed E-state index contributed by atoms with van der Waals surface area (Å²) in [4.78, 5) is 36.8. The Morgan fingerprint density at radius 2 is 1.70 bits per heavy atom. The summed E-state index contributed by atoms with van der Waals surface area (Å²) in [6.45, 7) is 3.77. The molecule has 0 spiro atoms. The number of ketones is 1. The zero-order valence-electron chi connectivity index (χ0n) is 17.6. The van der Waals surface area contributed by atoms with Crippen LogP contribution in [-0.4, -0.2) is 44.6 Å². The molecule has 0 bridgehead atoms. The highest BCUT2D eigenvalue weighted by Crippen LogP contribution is 2.26. The molecule has 2 amide bonds. The Labute approximate surface area is 182 Å². The van der Waals surface area contributed by atoms with Gasteiger partial charge in [0.05, 0.1) is 11.1 Å². The van der Waals surface area contributed by atoms with Crippen molar-refractivity contribution in [2.24, 2.45) is 0 Å². The molecular formula is C22H26BClN2O4. The summed E-state index contributed by atoms with van der Waals surface area (Å²) in [7, 11) is 3.32. The van der Waals surface area contributed by atoms with Crippen LogP contribution in [0.1, 0.15) is 40.1 Å². The van der Waals surface area contributed by atoms with E-state index in [9.17, 15) is 14.4 Å². The maximum Gasteiger partial charge on any atom is 0.251 e. The van der Waals surface area contributed by atoms with Gasteiger partial charge >= 0.3 is 0 Å². The van der Waals surface area contributed by atoms with Crippen molar-refractivity contribution in [1.29, 1.82) is 0 Å². The molecule has 2 aromatic carbocycles. The predicted molar refractivity (Wildman–Crippen MR) is 120 cm³/mol. The molecule has 0 aliphatic heterocycles. The summed E-state index contributed by atoms with van der Waals surface area (Å²) in [5.41, 5.74) is 1.78. The number of ether oxygens (including phenoxy) is 1. The minimum absolute atomic E-state index is 0.0428. The first-order chi connectivity index (χ1) is 14.2. The summed E-state index contributed by atoms with van der Waals surface area (Å²) >= 11 is 6.21. The number of benzene rings is 2. The lowest BCUT2D eigenvalue weighted by molar-refractivity contribution is -0.122. The highest BCUT2D eigenvalue weighted by atomic mass is 35.5. The molecule has 0 fully saturated rings. The number of halogens is 1. The topological polar surface area (TPSA) is 84.5 Å². The SMILES string of the molecule is BCC(=O)c1ccc(CC(NC(=O)c2ccc(OC(C)C)c(Cl)c2)C(=O)NC)cc1. The van der Waals surface area contributed by atoms with Crippen molar-refractivity contribution in [3.05, 3.63) is 64.2 Å². The number of rotatable bonds is 9. The Hall–Kier alpha value is -2.80. The van der Waals surface area contributed by atoms with Crippen molar-refractivity contribution >= 4 is 37.0 Å². The van der Waals surface area contributed by atoms with Crippen LogP contribution in [-0.2, 0) is 11.2 Å². The van der Waals surface area contributed by atoms with Gasteiger partial charge in [-0.1, -0.05) is 35.9 Å². The predicted octanol–water partition coefficient (Wildman–Crippen LogP) is 2.45. The van der Waals surface area contributed by atoms with Crippen LogP contribution in [0.3, 0.4) is 0 Å². The minimum atomic E-state index is -0.777. The van der Waals surface area contributed by atoms with Crippen LogP contribution in [0.25, 0.3) is 0 Å². The van der Waals surface area contributed by atoms with E-state index in [0.29, 0.717) is 28.2 Å². The van der Waals surface area contributed by atoms with E-state index in [4.69, 9.17) is 16.3 Å². The Morgan fingerprint density at radius 3 is 2.23 bits per heavy atom. The number of Topliss-reactive ketones (excluding diaryl/α,β-unsaturated/α-hetero) is 1. The van der Waals surface area contributed by atoms with Crippen molar-refractivity contribution in [2.45, 2.75) is 38.7 Å². The third-order valence-electron chi connectivity index (χ3n) is 4.46. The molecule has 2 aromatic rings. The fourth-order valence-electron chi connectivity index (χ4n) is 2.88. The number of hydrogen-bond donors (Lipinski definition) is 2. The van der Waals surface area contributed by atoms with E-state index < -0.39 is 11.9 Å². The van der Waals surface area contributed by atoms with Gasteiger partial charge in [-0.3, -0.25) is 14.4 Å². The lowest BCUT2D eigenvalue weighted by Crippen LogP contribution is -2.47. The zero-order valence-corrected chi connectivity index (χ0v) is 18.4. The average molecular weight is 429 g/mol. The molecule has 1 unspecified atom stereocenters. The fourth-order valence-corrected chi connectivity index (χ4v) is 3.11. The highest BCUT2D eigenvalue weighted by Gasteiger charge is 2.22. The van der Waals surface area contributed by atoms with Crippen LogP contribution >= 0.6 is 11.6 Å². The van der Waals surface area contributed by atoms with E-state index in [2.05, 4.69) is 10.6 Å². The maximum absolute atomic E-state index is 12.7. The first kappa shape index (κ1) is 23.5. The van der Waals surface area contributed by atoms with Gasteiger partial charge in [0, 0.05) is 24.6 Å². The molecule has 30 heavy (non-hydrogen) atoms. The summed E-state index contributed by atoms with van der Waals surface area (Å²) in [5.74, 6) is -0.186. The Kier molecular flexibility index (Phi) is 8.48. The molecule has 0 aliphatic rings. The number of likely N-dealkylation sites (N-methyl/N-ethyl adjacent to an activating group) is 1. The van der Waals surface area contributed by atoms with Gasteiger partial charge in [-0.15, -0.1) is 0 Å². The van der Waals surface area contributed by atoms with Crippen LogP contribution in [0.2, 0.25) is 11.3 Å². The van der Waals surface area contributed by atoms with Crippen LogP contribution in [0.4, 0.5) is 0 Å². The maximum atomic E-state index is 12.7. The molecule has 158 valence electrons. The van der Waals surface area contributed by atoms with Gasteiger partial charge in [0.1, 0.15) is 19.6 Å². The molecule has 1 atom stereocenters. The van der Waals surface area contributed by atoms with E-state index in [1.165, 1.54) is 13.1 Å². The molecule has 0 aromatic heterocycles. The number of carbonyl (C=O) groups excluding carboxylic acids is 3. The first-order valence-electron chi connectivity index (χ1n) is 9.86. The number of nitrogens with one attached hydrogen (secondary N) is 2. The minimum Gasteiger partial charge on any atom is -0.489 e. The van der Waals surface area contributed by atoms with Gasteiger partial charge in [-0.25, -0.2) is 0 Å². The lowest BCUT2D eigenvalue weighted by Gasteiger charge is -2.18. The number of hydrogen-bond acceptors (Lipinski definition) is 4. The largest absolute Gasteiger partial charge is 0.489 e. The van der Waals surface area contributed by atoms with Crippen LogP contribution in [0, 0.1) is 0 Å². The Balaban J connectivity index is 2.14. The first-order valence-corrected chi connectivity index (χ1v) is 10.2. The second kappa shape index (κ2) is 10.8. The van der Waals surface area contributed by atoms with Gasteiger partial charge in [0.2, 0.25) is 5.91 Å². The van der Waals surface area contributed by atoms with E-state index >= 15 is 0 Å². The number of amides is 2. The van der Waals surface area contributed by atoms with Crippen molar-refractivity contribution in [1.82, 2.24) is 10.6 Å². The summed E-state index contributed by atoms with van der Waals surface area (Å²) in [6.07, 6.45) is 0.674. The third-order valence-corrected chi connectivity index (χ3v) is 4.76. The average Bonchev–Trinajstić information content (AvgIpc) is 2.73. The van der Waals surface area contributed by atoms with Crippen molar-refractivity contribution < 1.29 is 19.1 Å². The molecule has 8 heteroatoms. The smallest absolute Gasteiger partial charge is 0.251 e. The molecule has 0 heterocycles. The molecular weight excluding hydrogens is 403 g/mol. The fraction of sp³-hybridized carbons (Fsp3) is 0.318. The molecule has 0 saturated carbocycles. The van der Waals surface area contributed by atoms with Gasteiger partial charge in [0.25, 0.3) is 5.91 Å². The Morgan fingerprint density at radius 1 is 1.07 bits per heavy atom. The standard InChI is InChI=1S/C22H26BClN2O4/c1-13(2)30-20-9-8-16(11-17(20)24)21(28)26-18(22(29)25-3)10-14-4-6-15(7-5-14)19(27)12-23/h4-9,11,13,18H,10,12,23H2,1-3H3,(H,25,29)(H,26,28). The van der Waals surface area contributed by atoms with Crippen LogP contribution in [0.15, 0.2) is 42.5 Å². The van der Waals surface area contributed by atoms with E-state index in [-0.39, 0.29) is 24.2 Å². The third kappa shape index (κ3) is 6.35. The van der Waals surface area contributed by atoms with Crippen molar-refractivity contribution in [3.8, 4) is 5.75 Å². The van der Waals surface area contributed by atoms with Crippen molar-refractivity contribution in [2.75, 3.05) is 7.05 Å². The second-order valence-electron chi connectivity index (χ2n) is 7.13. The van der Waals surface area contributed by atoms with E-state index in [1.807, 2.05) is 13.8 Å². The zero-order chi connectivity index (χ0) is 22.3. The molecule has 0 saturated heterocycles. The summed E-state index contributed by atoms with van der Waals surface area (Å²) < 4.78 is 5.58. The normalized spacial score (nSPS) is 11.6. The lowest BCUT2D eigenvalue weighted by atomic mass is 9.94. The summed E-state index contributed by atoms with van der Waals surface area (Å²) in [5, 5.41) is 5.64. The Bertz CT molecular complexity index is 916. The summed E-state index contributed by atoms with van der Waals surface area (Å²) in [6, 6.07) is 11.0. The van der Waals surface area contributed by atoms with Crippen LogP contribution in [0.5, 0.6) is 5.75 Å². The van der Waals surface area contributed by atoms with Crippen LogP contribution < -0.4 is 15.4 Å². The van der Waals surface area contributed by atoms with Gasteiger partial charge in [0.15, 0.2) is 5.78 Å². The van der Waals surface area contributed by atoms with E-state index in [1.54, 1.807) is 44.2 Å². The highest BCUT2D eigenvalue weighted by molar-refractivity contribution is 6.32. The molecule has 2 N–H and O–H groups in total. The molecule has 0 aliphatic carbocycles. The van der Waals surface area contributed by atoms with Gasteiger partial charge < -0.3 is 15.4 Å². The van der Waals surface area contributed by atoms with E-state index in [0.717, 1.165) is 5.56 Å². The molecule has 2 rings (SSSR count). The monoisotopic (exact) mass is 428 g/mol. The van der Waals surface area contributed by atoms with Gasteiger partial charge in [-0.05, 0) is 43.9 Å².